The van der Waals surface area contributed by atoms with E-state index in [-0.39, 0.29) is 5.75 Å². The number of aromatic hydroxyl groups is 1. The monoisotopic (exact) mass is 531 g/mol. The van der Waals surface area contributed by atoms with Crippen molar-refractivity contribution in [3.63, 3.8) is 0 Å². The van der Waals surface area contributed by atoms with Gasteiger partial charge in [-0.2, -0.15) is 5.10 Å². The Morgan fingerprint density at radius 2 is 1.91 bits per heavy atom. The van der Waals surface area contributed by atoms with Crippen molar-refractivity contribution in [2.45, 2.75) is 0 Å². The standard InChI is InChI=1S/C15H15N3O2S.ClH.Pt/c1-20-13-9-5-6-11(14(13)19)10-16-18-15(21)17-12-7-3-2-4-8-12;;/h2-10,19H,1H3,(H2,17,18,21);1H;/q;;+1/p-1/b16-10+;;. The topological polar surface area (TPSA) is 65.9 Å². The zero-order chi connectivity index (χ0) is 17.1. The molecule has 0 saturated heterocycles. The molecular formula is C15H15ClN3O2PtS. The summed E-state index contributed by atoms with van der Waals surface area (Å²) in [5.74, 6) is 0.427. The average Bonchev–Trinajstić information content (AvgIpc) is 2.59. The number of hydrogen-bond donors (Lipinski definition) is 3. The number of para-hydroxylation sites is 2. The Morgan fingerprint density at radius 3 is 2.57 bits per heavy atom. The minimum absolute atomic E-state index is 0.0347. The third-order valence-electron chi connectivity index (χ3n) is 2.65. The van der Waals surface area contributed by atoms with Crippen molar-refractivity contribution in [2.24, 2.45) is 5.10 Å². The third-order valence-corrected chi connectivity index (χ3v) is 2.84. The number of anilines is 1. The van der Waals surface area contributed by atoms with E-state index in [1.165, 1.54) is 13.3 Å². The van der Waals surface area contributed by atoms with E-state index < -0.39 is 0 Å². The first kappa shape index (κ1) is 19.4. The number of hydrazone groups is 1. The second-order valence-corrected chi connectivity index (χ2v) is 4.50. The van der Waals surface area contributed by atoms with Gasteiger partial charge >= 0.3 is 28.2 Å². The molecule has 0 atom stereocenters. The first-order chi connectivity index (χ1) is 11.2. The van der Waals surface area contributed by atoms with Crippen molar-refractivity contribution < 1.29 is 28.6 Å². The summed E-state index contributed by atoms with van der Waals surface area (Å²) in [6, 6.07) is 14.7. The van der Waals surface area contributed by atoms with E-state index in [1.54, 1.807) is 37.0 Å². The van der Waals surface area contributed by atoms with Crippen molar-refractivity contribution in [3.8, 4) is 11.5 Å². The van der Waals surface area contributed by atoms with Crippen LogP contribution in [0.25, 0.3) is 0 Å². The first-order valence-corrected chi connectivity index (χ1v) is 9.56. The molecule has 5 nitrogen and oxygen atoms in total. The number of thiocarbonyl (C=S) groups is 1. The van der Waals surface area contributed by atoms with Gasteiger partial charge in [0.1, 0.15) is 0 Å². The van der Waals surface area contributed by atoms with Gasteiger partial charge in [-0.1, -0.05) is 24.3 Å². The van der Waals surface area contributed by atoms with E-state index >= 15 is 0 Å². The van der Waals surface area contributed by atoms with Crippen molar-refractivity contribution >= 4 is 38.7 Å². The molecule has 2 aromatic rings. The number of phenols is 1. The third kappa shape index (κ3) is 6.57. The van der Waals surface area contributed by atoms with E-state index in [1.807, 2.05) is 30.3 Å². The van der Waals surface area contributed by atoms with Crippen LogP contribution in [0, 0.1) is 0 Å². The summed E-state index contributed by atoms with van der Waals surface area (Å²) in [6.45, 7) is 0. The van der Waals surface area contributed by atoms with Crippen LogP contribution in [0.4, 0.5) is 5.69 Å². The van der Waals surface area contributed by atoms with Gasteiger partial charge < -0.3 is 15.2 Å². The first-order valence-electron chi connectivity index (χ1n) is 6.33. The molecular weight excluding hydrogens is 517 g/mol. The normalized spacial score (nSPS) is 9.74. The molecule has 0 unspecified atom stereocenters. The number of nitrogens with zero attached hydrogens (tertiary/aromatic N) is 1. The summed E-state index contributed by atoms with van der Waals surface area (Å²) in [5.41, 5.74) is 4.08. The molecule has 2 aromatic carbocycles. The fraction of sp³-hybridized carbons (Fsp3) is 0.0667. The van der Waals surface area contributed by atoms with E-state index in [4.69, 9.17) is 17.0 Å². The van der Waals surface area contributed by atoms with Crippen LogP contribution in [0.2, 0.25) is 0 Å². The van der Waals surface area contributed by atoms with Crippen molar-refractivity contribution in [1.82, 2.24) is 5.43 Å². The Hall–Kier alpha value is -1.62. The maximum absolute atomic E-state index is 9.90. The molecule has 0 aliphatic rings. The number of rotatable bonds is 4. The number of methoxy groups -OCH3 is 1. The predicted molar refractivity (Wildman–Crippen MR) is 93.9 cm³/mol. The zero-order valence-corrected chi connectivity index (χ0v) is 15.9. The Balaban J connectivity index is 0.00000127. The minimum atomic E-state index is 0.0347. The predicted octanol–water partition coefficient (Wildman–Crippen LogP) is 3.41. The number of hydrogen-bond acceptors (Lipinski definition) is 4. The number of ether oxygens (including phenoxy) is 1. The van der Waals surface area contributed by atoms with Gasteiger partial charge in [0.05, 0.1) is 13.3 Å². The van der Waals surface area contributed by atoms with Crippen LogP contribution < -0.4 is 15.5 Å². The van der Waals surface area contributed by atoms with Gasteiger partial charge in [-0.25, -0.2) is 0 Å². The second kappa shape index (κ2) is 11.0. The molecule has 23 heavy (non-hydrogen) atoms. The van der Waals surface area contributed by atoms with Crippen LogP contribution in [-0.4, -0.2) is 23.5 Å². The van der Waals surface area contributed by atoms with Crippen LogP contribution in [0.5, 0.6) is 11.5 Å². The van der Waals surface area contributed by atoms with E-state index in [0.29, 0.717) is 16.4 Å². The molecule has 0 aliphatic carbocycles. The van der Waals surface area contributed by atoms with Crippen LogP contribution in [0.3, 0.4) is 0 Å². The van der Waals surface area contributed by atoms with E-state index in [0.717, 1.165) is 5.69 Å². The van der Waals surface area contributed by atoms with Gasteiger partial charge in [-0.15, -0.1) is 0 Å². The molecule has 0 saturated carbocycles. The summed E-state index contributed by atoms with van der Waals surface area (Å²) in [6.07, 6.45) is 1.47. The Morgan fingerprint density at radius 1 is 1.22 bits per heavy atom. The summed E-state index contributed by atoms with van der Waals surface area (Å²) < 4.78 is 5.02. The number of benzene rings is 2. The molecule has 0 aromatic heterocycles. The molecule has 0 aliphatic heterocycles. The number of nitrogens with one attached hydrogen (secondary N) is 2. The van der Waals surface area contributed by atoms with E-state index in [2.05, 4.69) is 25.3 Å². The van der Waals surface area contributed by atoms with Gasteiger partial charge in [-0.05, 0) is 36.5 Å². The Labute approximate surface area is 155 Å². The zero-order valence-electron chi connectivity index (χ0n) is 12.1. The van der Waals surface area contributed by atoms with Crippen LogP contribution in [0.1, 0.15) is 5.56 Å². The Kier molecular flexibility index (Phi) is 9.29. The molecule has 0 fully saturated rings. The van der Waals surface area contributed by atoms with Crippen LogP contribution >= 0.6 is 21.6 Å². The molecule has 0 bridgehead atoms. The molecule has 125 valence electrons. The van der Waals surface area contributed by atoms with Crippen molar-refractivity contribution in [2.75, 3.05) is 12.4 Å². The van der Waals surface area contributed by atoms with Crippen molar-refractivity contribution in [3.05, 3.63) is 54.1 Å². The molecule has 0 heterocycles. The van der Waals surface area contributed by atoms with Gasteiger partial charge in [0.2, 0.25) is 0 Å². The molecule has 2 rings (SSSR count). The summed E-state index contributed by atoms with van der Waals surface area (Å²) in [5, 5.41) is 17.2. The second-order valence-electron chi connectivity index (χ2n) is 4.09. The SMILES string of the molecule is COc1cccc(/C=N/NC(=S)Nc2ccccc2)c1O.[Cl][Pt]. The average molecular weight is 532 g/mol. The molecule has 0 amide bonds. The van der Waals surface area contributed by atoms with Crippen LogP contribution in [0.15, 0.2) is 53.6 Å². The molecule has 0 radical (unpaired) electrons. The van der Waals surface area contributed by atoms with Gasteiger partial charge in [0.15, 0.2) is 16.6 Å². The fourth-order valence-corrected chi connectivity index (χ4v) is 1.82. The molecule has 3 N–H and O–H groups in total. The number of phenolic OH excluding ortho intramolecular Hbond substituents is 1. The summed E-state index contributed by atoms with van der Waals surface area (Å²) >= 11 is 6.72. The Bertz CT molecular complexity index is 656. The van der Waals surface area contributed by atoms with Crippen molar-refractivity contribution in [1.29, 1.82) is 0 Å². The van der Waals surface area contributed by atoms with Gasteiger partial charge in [-0.3, -0.25) is 5.43 Å². The molecule has 8 heteroatoms. The number of halogens is 1. The summed E-state index contributed by atoms with van der Waals surface area (Å²) in [4.78, 5) is 0. The fourth-order valence-electron chi connectivity index (χ4n) is 1.65. The van der Waals surface area contributed by atoms with Gasteiger partial charge in [0.25, 0.3) is 0 Å². The van der Waals surface area contributed by atoms with E-state index in [9.17, 15) is 5.11 Å². The maximum atomic E-state index is 9.90. The van der Waals surface area contributed by atoms with Gasteiger partial charge in [0, 0.05) is 11.3 Å². The van der Waals surface area contributed by atoms with Crippen LogP contribution in [-0.2, 0) is 18.8 Å². The quantitative estimate of drug-likeness (QED) is 0.321. The summed E-state index contributed by atoms with van der Waals surface area (Å²) in [7, 11) is 6.10. The molecule has 0 spiro atoms.